The molecule has 0 heterocycles. The fraction of sp³-hybridized carbons (Fsp3) is 0.773. The van der Waals surface area contributed by atoms with Crippen LogP contribution in [-0.2, 0) is 9.53 Å². The summed E-state index contributed by atoms with van der Waals surface area (Å²) in [7, 11) is 0. The second-order valence-electron chi connectivity index (χ2n) is 9.40. The molecular formula is C22H36O3. The van der Waals surface area contributed by atoms with Crippen molar-refractivity contribution >= 4 is 5.97 Å². The van der Waals surface area contributed by atoms with E-state index in [-0.39, 0.29) is 22.7 Å². The number of allylic oxidation sites excluding steroid dienone is 3. The van der Waals surface area contributed by atoms with Crippen LogP contribution < -0.4 is 0 Å². The first kappa shape index (κ1) is 20.2. The number of hydrogen-bond acceptors (Lipinski definition) is 3. The van der Waals surface area contributed by atoms with Gasteiger partial charge in [-0.05, 0) is 56.3 Å². The number of carbonyl (C=O) groups is 1. The lowest BCUT2D eigenvalue weighted by Crippen LogP contribution is -2.64. The van der Waals surface area contributed by atoms with Crippen LogP contribution in [-0.4, -0.2) is 22.8 Å². The summed E-state index contributed by atoms with van der Waals surface area (Å²) in [6.45, 7) is 16.2. The number of hydrogen-bond donors (Lipinski definition) is 1. The first-order valence-electron chi connectivity index (χ1n) is 9.64. The van der Waals surface area contributed by atoms with Gasteiger partial charge < -0.3 is 9.84 Å². The van der Waals surface area contributed by atoms with Gasteiger partial charge in [0, 0.05) is 12.8 Å². The molecule has 0 aromatic carbocycles. The zero-order valence-corrected chi connectivity index (χ0v) is 16.9. The van der Waals surface area contributed by atoms with Crippen molar-refractivity contribution in [1.29, 1.82) is 0 Å². The van der Waals surface area contributed by atoms with Crippen LogP contribution in [0.25, 0.3) is 0 Å². The Morgan fingerprint density at radius 3 is 2.44 bits per heavy atom. The SMILES string of the molecule is C=C/C(C)=C/C[C@H]1[C@](C)(O)[C@@H](OC(C)=O)C[C@H]2C(C)(C)CCC[C@@]21C. The summed E-state index contributed by atoms with van der Waals surface area (Å²) in [5.41, 5.74) is 0.333. The summed E-state index contributed by atoms with van der Waals surface area (Å²) in [5, 5.41) is 11.5. The minimum absolute atomic E-state index is 0.0415. The standard InChI is InChI=1S/C22H36O3/c1-8-15(2)10-11-17-21(6)13-9-12-20(4,5)18(21)14-19(22(17,7)24)25-16(3)23/h8,10,17-19,24H,1,9,11-14H2,2-7H3/b15-10+/t17-,18+,19+,21-,22+/m1/s1. The average Bonchev–Trinajstić information content (AvgIpc) is 2.47. The van der Waals surface area contributed by atoms with Crippen molar-refractivity contribution in [2.24, 2.45) is 22.7 Å². The highest BCUT2D eigenvalue weighted by atomic mass is 16.6. The average molecular weight is 349 g/mol. The maximum Gasteiger partial charge on any atom is 0.303 e. The highest BCUT2D eigenvalue weighted by Crippen LogP contribution is 2.63. The van der Waals surface area contributed by atoms with Gasteiger partial charge in [0.15, 0.2) is 0 Å². The molecule has 5 atom stereocenters. The first-order chi connectivity index (χ1) is 11.4. The third-order valence-electron chi connectivity index (χ3n) is 7.18. The van der Waals surface area contributed by atoms with Gasteiger partial charge >= 0.3 is 5.97 Å². The van der Waals surface area contributed by atoms with Crippen molar-refractivity contribution in [2.45, 2.75) is 85.4 Å². The molecule has 2 rings (SSSR count). The van der Waals surface area contributed by atoms with E-state index in [0.717, 1.165) is 24.8 Å². The summed E-state index contributed by atoms with van der Waals surface area (Å²) in [6.07, 6.45) is 8.62. The highest BCUT2D eigenvalue weighted by molar-refractivity contribution is 5.66. The molecular weight excluding hydrogens is 312 g/mol. The maximum atomic E-state index is 11.7. The molecule has 2 saturated carbocycles. The number of carbonyl (C=O) groups excluding carboxylic acids is 1. The zero-order valence-electron chi connectivity index (χ0n) is 16.9. The van der Waals surface area contributed by atoms with E-state index in [1.165, 1.54) is 19.8 Å². The Morgan fingerprint density at radius 1 is 1.24 bits per heavy atom. The Morgan fingerprint density at radius 2 is 1.88 bits per heavy atom. The van der Waals surface area contributed by atoms with Crippen molar-refractivity contribution in [2.75, 3.05) is 0 Å². The smallest absolute Gasteiger partial charge is 0.303 e. The van der Waals surface area contributed by atoms with E-state index in [4.69, 9.17) is 4.74 Å². The summed E-state index contributed by atoms with van der Waals surface area (Å²) in [6, 6.07) is 0. The Bertz CT molecular complexity index is 558. The Hall–Kier alpha value is -1.09. The Balaban J connectivity index is 2.47. The number of ether oxygens (including phenoxy) is 1. The molecule has 0 unspecified atom stereocenters. The third-order valence-corrected chi connectivity index (χ3v) is 7.18. The molecule has 0 radical (unpaired) electrons. The molecule has 0 spiro atoms. The van der Waals surface area contributed by atoms with Crippen molar-refractivity contribution in [3.8, 4) is 0 Å². The summed E-state index contributed by atoms with van der Waals surface area (Å²) in [4.78, 5) is 11.7. The quantitative estimate of drug-likeness (QED) is 0.571. The van der Waals surface area contributed by atoms with Gasteiger partial charge in [-0.25, -0.2) is 0 Å². The minimum Gasteiger partial charge on any atom is -0.459 e. The zero-order chi connectivity index (χ0) is 19.0. The summed E-state index contributed by atoms with van der Waals surface area (Å²) >= 11 is 0. The van der Waals surface area contributed by atoms with Crippen LogP contribution in [0.15, 0.2) is 24.3 Å². The molecule has 3 heteroatoms. The molecule has 2 aliphatic carbocycles. The number of esters is 1. The maximum absolute atomic E-state index is 11.7. The lowest BCUT2D eigenvalue weighted by Gasteiger charge is -2.62. The lowest BCUT2D eigenvalue weighted by atomic mass is 9.44. The van der Waals surface area contributed by atoms with Gasteiger partial charge in [-0.2, -0.15) is 0 Å². The van der Waals surface area contributed by atoms with Crippen LogP contribution >= 0.6 is 0 Å². The van der Waals surface area contributed by atoms with Gasteiger partial charge in [-0.1, -0.05) is 51.5 Å². The van der Waals surface area contributed by atoms with E-state index in [9.17, 15) is 9.90 Å². The van der Waals surface area contributed by atoms with Crippen LogP contribution in [0.1, 0.15) is 73.6 Å². The molecule has 0 aliphatic heterocycles. The molecule has 0 amide bonds. The summed E-state index contributed by atoms with van der Waals surface area (Å²) < 4.78 is 5.63. The number of rotatable bonds is 4. The fourth-order valence-electron chi connectivity index (χ4n) is 5.78. The molecule has 1 N–H and O–H groups in total. The monoisotopic (exact) mass is 348 g/mol. The predicted molar refractivity (Wildman–Crippen MR) is 102 cm³/mol. The molecule has 2 fully saturated rings. The van der Waals surface area contributed by atoms with Crippen molar-refractivity contribution in [3.63, 3.8) is 0 Å². The lowest BCUT2D eigenvalue weighted by molar-refractivity contribution is -0.229. The van der Waals surface area contributed by atoms with Crippen molar-refractivity contribution < 1.29 is 14.6 Å². The Labute approximate surface area is 153 Å². The van der Waals surface area contributed by atoms with Crippen molar-refractivity contribution in [1.82, 2.24) is 0 Å². The fourth-order valence-corrected chi connectivity index (χ4v) is 5.78. The molecule has 0 saturated heterocycles. The van der Waals surface area contributed by atoms with E-state index < -0.39 is 11.7 Å². The summed E-state index contributed by atoms with van der Waals surface area (Å²) in [5.74, 6) is 0.178. The van der Waals surface area contributed by atoms with Crippen LogP contribution in [0, 0.1) is 22.7 Å². The van der Waals surface area contributed by atoms with Crippen LogP contribution in [0.2, 0.25) is 0 Å². The van der Waals surface area contributed by atoms with E-state index in [1.807, 2.05) is 19.9 Å². The van der Waals surface area contributed by atoms with E-state index >= 15 is 0 Å². The van der Waals surface area contributed by atoms with Crippen molar-refractivity contribution in [3.05, 3.63) is 24.3 Å². The van der Waals surface area contributed by atoms with Crippen LogP contribution in [0.5, 0.6) is 0 Å². The third kappa shape index (κ3) is 3.72. The topological polar surface area (TPSA) is 46.5 Å². The molecule has 2 aliphatic rings. The minimum atomic E-state index is -1.03. The normalized spacial score (nSPS) is 40.9. The van der Waals surface area contributed by atoms with E-state index in [1.54, 1.807) is 0 Å². The highest BCUT2D eigenvalue weighted by Gasteiger charge is 2.61. The molecule has 0 aromatic rings. The van der Waals surface area contributed by atoms with E-state index in [2.05, 4.69) is 33.4 Å². The van der Waals surface area contributed by atoms with E-state index in [0.29, 0.717) is 5.92 Å². The number of aliphatic hydroxyl groups is 1. The van der Waals surface area contributed by atoms with Gasteiger partial charge in [0.1, 0.15) is 11.7 Å². The predicted octanol–water partition coefficient (Wildman–Crippen LogP) is 5.04. The second-order valence-corrected chi connectivity index (χ2v) is 9.40. The van der Waals surface area contributed by atoms with Gasteiger partial charge in [0.2, 0.25) is 0 Å². The molecule has 142 valence electrons. The molecule has 3 nitrogen and oxygen atoms in total. The van der Waals surface area contributed by atoms with Gasteiger partial charge in [0.25, 0.3) is 0 Å². The van der Waals surface area contributed by atoms with Gasteiger partial charge in [0.05, 0.1) is 0 Å². The first-order valence-corrected chi connectivity index (χ1v) is 9.64. The second kappa shape index (κ2) is 6.90. The molecule has 0 aromatic heterocycles. The molecule has 25 heavy (non-hydrogen) atoms. The Kier molecular flexibility index (Phi) is 5.59. The number of fused-ring (bicyclic) bond motifs is 1. The largest absolute Gasteiger partial charge is 0.459 e. The van der Waals surface area contributed by atoms with Crippen LogP contribution in [0.3, 0.4) is 0 Å². The van der Waals surface area contributed by atoms with Gasteiger partial charge in [-0.3, -0.25) is 4.79 Å². The molecule has 0 bridgehead atoms. The van der Waals surface area contributed by atoms with Crippen LogP contribution in [0.4, 0.5) is 0 Å². The van der Waals surface area contributed by atoms with Gasteiger partial charge in [-0.15, -0.1) is 0 Å².